The van der Waals surface area contributed by atoms with Crippen LogP contribution in [0, 0.1) is 6.92 Å². The number of hydrogen-bond donors (Lipinski definition) is 1. The van der Waals surface area contributed by atoms with E-state index >= 15 is 0 Å². The van der Waals surface area contributed by atoms with Gasteiger partial charge in [0.15, 0.2) is 10.9 Å². The van der Waals surface area contributed by atoms with E-state index in [1.54, 1.807) is 49.5 Å². The fourth-order valence-electron chi connectivity index (χ4n) is 2.63. The van der Waals surface area contributed by atoms with E-state index in [0.29, 0.717) is 38.3 Å². The number of thiazole rings is 1. The van der Waals surface area contributed by atoms with Gasteiger partial charge in [-0.05, 0) is 43.3 Å². The molecule has 0 atom stereocenters. The van der Waals surface area contributed by atoms with Crippen molar-refractivity contribution in [2.24, 2.45) is 0 Å². The van der Waals surface area contributed by atoms with Gasteiger partial charge in [0.25, 0.3) is 5.91 Å². The van der Waals surface area contributed by atoms with Crippen LogP contribution in [0.25, 0.3) is 11.5 Å². The van der Waals surface area contributed by atoms with Crippen LogP contribution in [0.5, 0.6) is 0 Å². The number of ketones is 1. The van der Waals surface area contributed by atoms with Crippen LogP contribution in [0.3, 0.4) is 0 Å². The van der Waals surface area contributed by atoms with Crippen LogP contribution in [-0.4, -0.2) is 26.6 Å². The third-order valence-corrected chi connectivity index (χ3v) is 4.97. The third-order valence-electron chi connectivity index (χ3n) is 4.00. The van der Waals surface area contributed by atoms with Crippen molar-refractivity contribution < 1.29 is 14.0 Å². The minimum Gasteiger partial charge on any atom is -0.463 e. The molecule has 0 spiro atoms. The maximum atomic E-state index is 13.1. The highest BCUT2D eigenvalue weighted by Crippen LogP contribution is 2.33. The number of aryl methyl sites for hydroxylation is 1. The number of carbonyl (C=O) groups is 2. The SMILES string of the molecule is Cc1ncccc1C(=O)c1sc(NC(=O)c2ccncc2)nc1-c1ccco1. The number of amides is 1. The predicted molar refractivity (Wildman–Crippen MR) is 104 cm³/mol. The number of nitrogens with one attached hydrogen (secondary N) is 1. The Morgan fingerprint density at radius 1 is 1.07 bits per heavy atom. The molecule has 1 N–H and O–H groups in total. The molecule has 4 heterocycles. The van der Waals surface area contributed by atoms with Gasteiger partial charge in [-0.1, -0.05) is 11.3 Å². The first kappa shape index (κ1) is 17.7. The van der Waals surface area contributed by atoms with Gasteiger partial charge in [-0.2, -0.15) is 0 Å². The number of hydrogen-bond acceptors (Lipinski definition) is 7. The summed E-state index contributed by atoms with van der Waals surface area (Å²) in [6.45, 7) is 1.77. The molecule has 0 radical (unpaired) electrons. The molecule has 4 rings (SSSR count). The van der Waals surface area contributed by atoms with Crippen molar-refractivity contribution in [3.05, 3.63) is 82.9 Å². The zero-order valence-corrected chi connectivity index (χ0v) is 15.6. The van der Waals surface area contributed by atoms with Crippen LogP contribution in [0.4, 0.5) is 5.13 Å². The average Bonchev–Trinajstić information content (AvgIpc) is 3.38. The molecule has 8 heteroatoms. The first-order valence-corrected chi connectivity index (χ1v) is 9.17. The summed E-state index contributed by atoms with van der Waals surface area (Å²) >= 11 is 1.10. The summed E-state index contributed by atoms with van der Waals surface area (Å²) in [4.78, 5) is 38.4. The maximum Gasteiger partial charge on any atom is 0.257 e. The average molecular weight is 390 g/mol. The highest BCUT2D eigenvalue weighted by atomic mass is 32.1. The van der Waals surface area contributed by atoms with Gasteiger partial charge in [-0.25, -0.2) is 4.98 Å². The first-order valence-electron chi connectivity index (χ1n) is 8.36. The number of furan rings is 1. The summed E-state index contributed by atoms with van der Waals surface area (Å²) in [6, 6.07) is 10.1. The summed E-state index contributed by atoms with van der Waals surface area (Å²) in [5.74, 6) is -0.108. The van der Waals surface area contributed by atoms with Crippen LogP contribution in [0.2, 0.25) is 0 Å². The van der Waals surface area contributed by atoms with Crippen molar-refractivity contribution in [1.82, 2.24) is 15.0 Å². The molecule has 7 nitrogen and oxygen atoms in total. The van der Waals surface area contributed by atoms with Crippen LogP contribution in [0.1, 0.15) is 31.3 Å². The van der Waals surface area contributed by atoms with E-state index in [-0.39, 0.29) is 11.7 Å². The van der Waals surface area contributed by atoms with Gasteiger partial charge in [0.1, 0.15) is 10.6 Å². The molecule has 1 amide bonds. The molecular formula is C20H14N4O3S. The summed E-state index contributed by atoms with van der Waals surface area (Å²) in [5.41, 5.74) is 1.92. The molecule has 0 aliphatic rings. The third kappa shape index (κ3) is 3.45. The van der Waals surface area contributed by atoms with Gasteiger partial charge < -0.3 is 4.42 Å². The van der Waals surface area contributed by atoms with Crippen molar-refractivity contribution in [1.29, 1.82) is 0 Å². The Balaban J connectivity index is 1.73. The van der Waals surface area contributed by atoms with Crippen LogP contribution >= 0.6 is 11.3 Å². The molecule has 0 bridgehead atoms. The lowest BCUT2D eigenvalue weighted by atomic mass is 10.1. The van der Waals surface area contributed by atoms with Crippen molar-refractivity contribution in [3.63, 3.8) is 0 Å². The number of anilines is 1. The van der Waals surface area contributed by atoms with E-state index in [4.69, 9.17) is 4.42 Å². The molecule has 0 saturated heterocycles. The van der Waals surface area contributed by atoms with Crippen molar-refractivity contribution >= 4 is 28.2 Å². The highest BCUT2D eigenvalue weighted by Gasteiger charge is 2.24. The van der Waals surface area contributed by atoms with Crippen LogP contribution in [-0.2, 0) is 0 Å². The normalized spacial score (nSPS) is 10.6. The van der Waals surface area contributed by atoms with E-state index in [1.165, 1.54) is 18.7 Å². The van der Waals surface area contributed by atoms with E-state index in [9.17, 15) is 9.59 Å². The highest BCUT2D eigenvalue weighted by molar-refractivity contribution is 7.18. The molecule has 0 aliphatic carbocycles. The Morgan fingerprint density at radius 3 is 2.61 bits per heavy atom. The molecular weight excluding hydrogens is 376 g/mol. The fourth-order valence-corrected chi connectivity index (χ4v) is 3.55. The number of pyridine rings is 2. The van der Waals surface area contributed by atoms with Gasteiger partial charge in [0.05, 0.1) is 6.26 Å². The Morgan fingerprint density at radius 2 is 1.89 bits per heavy atom. The van der Waals surface area contributed by atoms with E-state index in [0.717, 1.165) is 11.3 Å². The molecule has 0 fully saturated rings. The van der Waals surface area contributed by atoms with Gasteiger partial charge >= 0.3 is 0 Å². The number of carbonyl (C=O) groups excluding carboxylic acids is 2. The molecule has 0 unspecified atom stereocenters. The van der Waals surface area contributed by atoms with E-state index in [1.807, 2.05) is 0 Å². The van der Waals surface area contributed by atoms with E-state index in [2.05, 4.69) is 20.3 Å². The van der Waals surface area contributed by atoms with Crippen molar-refractivity contribution in [3.8, 4) is 11.5 Å². The van der Waals surface area contributed by atoms with Gasteiger partial charge in [0, 0.05) is 35.4 Å². The van der Waals surface area contributed by atoms with E-state index < -0.39 is 0 Å². The standard InChI is InChI=1S/C20H14N4O3S/c1-12-14(4-2-8-22-12)17(25)18-16(15-5-3-11-27-15)23-20(28-18)24-19(26)13-6-9-21-10-7-13/h2-11H,1H3,(H,23,24,26). The molecule has 0 saturated carbocycles. The summed E-state index contributed by atoms with van der Waals surface area (Å²) < 4.78 is 5.43. The zero-order valence-electron chi connectivity index (χ0n) is 14.7. The quantitative estimate of drug-likeness (QED) is 0.518. The maximum absolute atomic E-state index is 13.1. The largest absolute Gasteiger partial charge is 0.463 e. The second-order valence-corrected chi connectivity index (χ2v) is 6.83. The molecule has 0 aliphatic heterocycles. The Kier molecular flexibility index (Phi) is 4.77. The van der Waals surface area contributed by atoms with Crippen molar-refractivity contribution in [2.75, 3.05) is 5.32 Å². The van der Waals surface area contributed by atoms with Crippen LogP contribution in [0.15, 0.2) is 65.7 Å². The molecule has 28 heavy (non-hydrogen) atoms. The molecule has 0 aromatic carbocycles. The minimum atomic E-state index is -0.335. The van der Waals surface area contributed by atoms with Gasteiger partial charge in [0.2, 0.25) is 5.78 Å². The van der Waals surface area contributed by atoms with Crippen LogP contribution < -0.4 is 5.32 Å². The fraction of sp³-hybridized carbons (Fsp3) is 0.0500. The van der Waals surface area contributed by atoms with Gasteiger partial charge in [-0.15, -0.1) is 0 Å². The second-order valence-electron chi connectivity index (χ2n) is 5.83. The Hall–Kier alpha value is -3.65. The lowest BCUT2D eigenvalue weighted by Gasteiger charge is -2.02. The smallest absolute Gasteiger partial charge is 0.257 e. The lowest BCUT2D eigenvalue weighted by molar-refractivity contribution is 0.102. The summed E-state index contributed by atoms with van der Waals surface area (Å²) in [6.07, 6.45) is 6.20. The molecule has 4 aromatic rings. The molecule has 138 valence electrons. The number of nitrogens with zero attached hydrogens (tertiary/aromatic N) is 3. The van der Waals surface area contributed by atoms with Gasteiger partial charge in [-0.3, -0.25) is 24.9 Å². The minimum absolute atomic E-state index is 0.223. The Labute approximate surface area is 164 Å². The predicted octanol–water partition coefficient (Wildman–Crippen LogP) is 3.98. The number of rotatable bonds is 5. The topological polar surface area (TPSA) is 98.0 Å². The van der Waals surface area contributed by atoms with Crippen molar-refractivity contribution in [2.45, 2.75) is 6.92 Å². The zero-order chi connectivity index (χ0) is 19.5. The monoisotopic (exact) mass is 390 g/mol. The molecule has 4 aromatic heterocycles. The lowest BCUT2D eigenvalue weighted by Crippen LogP contribution is -2.11. The summed E-state index contributed by atoms with van der Waals surface area (Å²) in [5, 5.41) is 3.04. The second kappa shape index (κ2) is 7.53. The first-order chi connectivity index (χ1) is 13.6. The Bertz CT molecular complexity index is 1140. The summed E-state index contributed by atoms with van der Waals surface area (Å²) in [7, 11) is 0. The number of aromatic nitrogens is 3.